The van der Waals surface area contributed by atoms with Gasteiger partial charge in [-0.2, -0.15) is 8.78 Å². The van der Waals surface area contributed by atoms with Gasteiger partial charge >= 0.3 is 11.9 Å². The van der Waals surface area contributed by atoms with Crippen molar-refractivity contribution in [2.75, 3.05) is 0 Å². The molecular weight excluding hydrogens is 242 g/mol. The molecule has 88 valence electrons. The summed E-state index contributed by atoms with van der Waals surface area (Å²) in [4.78, 5) is 10.4. The lowest BCUT2D eigenvalue weighted by molar-refractivity contribution is -0.207. The fourth-order valence-corrected chi connectivity index (χ4v) is 1.37. The van der Waals surface area contributed by atoms with Crippen LogP contribution in [0.4, 0.5) is 8.78 Å². The number of aliphatic carboxylic acids is 1. The molecule has 3 nitrogen and oxygen atoms in total. The predicted octanol–water partition coefficient (Wildman–Crippen LogP) is 2.27. The maximum Gasteiger partial charge on any atom is 0.378 e. The van der Waals surface area contributed by atoms with E-state index in [1.54, 1.807) is 0 Å². The van der Waals surface area contributed by atoms with Crippen molar-refractivity contribution in [3.63, 3.8) is 0 Å². The summed E-state index contributed by atoms with van der Waals surface area (Å²) in [6, 6.07) is 5.06. The minimum absolute atomic E-state index is 0.138. The number of halogens is 3. The Morgan fingerprint density at radius 3 is 2.44 bits per heavy atom. The van der Waals surface area contributed by atoms with Crippen molar-refractivity contribution in [3.05, 3.63) is 34.9 Å². The second kappa shape index (κ2) is 3.99. The second-order valence-corrected chi connectivity index (χ2v) is 3.90. The number of hydrogen-bond donors (Lipinski definition) is 2. The van der Waals surface area contributed by atoms with E-state index < -0.39 is 17.5 Å². The maximum atomic E-state index is 13.2. The molecule has 2 N–H and O–H groups in total. The molecule has 1 rings (SSSR count). The van der Waals surface area contributed by atoms with E-state index in [0.29, 0.717) is 0 Å². The van der Waals surface area contributed by atoms with Crippen molar-refractivity contribution in [1.29, 1.82) is 0 Å². The van der Waals surface area contributed by atoms with Gasteiger partial charge in [0.25, 0.3) is 0 Å². The Labute approximate surface area is 95.3 Å². The van der Waals surface area contributed by atoms with Crippen LogP contribution in [0.3, 0.4) is 0 Å². The van der Waals surface area contributed by atoms with Crippen LogP contribution in [0.1, 0.15) is 12.5 Å². The molecule has 1 aromatic rings. The van der Waals surface area contributed by atoms with Crippen molar-refractivity contribution in [3.8, 4) is 0 Å². The quantitative estimate of drug-likeness (QED) is 0.865. The Morgan fingerprint density at radius 2 is 2.00 bits per heavy atom. The number of hydrogen-bond acceptors (Lipinski definition) is 2. The van der Waals surface area contributed by atoms with E-state index in [1.807, 2.05) is 0 Å². The Balaban J connectivity index is 3.26. The van der Waals surface area contributed by atoms with E-state index in [4.69, 9.17) is 16.7 Å². The number of aliphatic hydroxyl groups is 1. The molecule has 0 aliphatic rings. The predicted molar refractivity (Wildman–Crippen MR) is 53.6 cm³/mol. The summed E-state index contributed by atoms with van der Waals surface area (Å²) in [5.41, 5.74) is -3.07. The summed E-state index contributed by atoms with van der Waals surface area (Å²) in [6.45, 7) is 0.729. The highest BCUT2D eigenvalue weighted by Gasteiger charge is 2.56. The normalized spacial score (nSPS) is 15.6. The van der Waals surface area contributed by atoms with Crippen molar-refractivity contribution < 1.29 is 23.8 Å². The van der Waals surface area contributed by atoms with Crippen molar-refractivity contribution >= 4 is 17.6 Å². The van der Waals surface area contributed by atoms with Gasteiger partial charge in [-0.1, -0.05) is 23.7 Å². The van der Waals surface area contributed by atoms with Gasteiger partial charge in [-0.3, -0.25) is 0 Å². The standard InChI is InChI=1S/C10H9ClF2O3/c1-9(16,10(12,13)8(14)15)6-3-2-4-7(11)5-6/h2-5,16H,1H3,(H,14,15). The van der Waals surface area contributed by atoms with Gasteiger partial charge in [0.2, 0.25) is 0 Å². The molecule has 1 atom stereocenters. The first kappa shape index (κ1) is 12.9. The highest BCUT2D eigenvalue weighted by molar-refractivity contribution is 6.30. The van der Waals surface area contributed by atoms with Gasteiger partial charge in [0, 0.05) is 5.02 Å². The highest BCUT2D eigenvalue weighted by Crippen LogP contribution is 2.38. The molecular formula is C10H9ClF2O3. The monoisotopic (exact) mass is 250 g/mol. The minimum Gasteiger partial charge on any atom is -0.477 e. The van der Waals surface area contributed by atoms with Gasteiger partial charge in [0.1, 0.15) is 0 Å². The fourth-order valence-electron chi connectivity index (χ4n) is 1.18. The molecule has 0 saturated carbocycles. The largest absolute Gasteiger partial charge is 0.477 e. The third kappa shape index (κ3) is 2.01. The van der Waals surface area contributed by atoms with Crippen LogP contribution in [0.5, 0.6) is 0 Å². The Hall–Kier alpha value is -1.20. The Morgan fingerprint density at radius 1 is 1.44 bits per heavy atom. The molecule has 0 bridgehead atoms. The average molecular weight is 251 g/mol. The molecule has 0 spiro atoms. The Bertz CT molecular complexity index is 418. The lowest BCUT2D eigenvalue weighted by atomic mass is 9.89. The van der Waals surface area contributed by atoms with Crippen LogP contribution in [-0.2, 0) is 10.4 Å². The zero-order valence-corrected chi connectivity index (χ0v) is 9.00. The second-order valence-electron chi connectivity index (χ2n) is 3.46. The fraction of sp³-hybridized carbons (Fsp3) is 0.300. The van der Waals surface area contributed by atoms with E-state index in [0.717, 1.165) is 13.0 Å². The Kier molecular flexibility index (Phi) is 3.21. The molecule has 0 aromatic heterocycles. The van der Waals surface area contributed by atoms with Gasteiger partial charge in [-0.05, 0) is 24.6 Å². The van der Waals surface area contributed by atoms with Crippen LogP contribution in [-0.4, -0.2) is 22.1 Å². The van der Waals surface area contributed by atoms with Crippen LogP contribution >= 0.6 is 11.6 Å². The zero-order valence-electron chi connectivity index (χ0n) is 8.25. The van der Waals surface area contributed by atoms with E-state index in [1.165, 1.54) is 18.2 Å². The molecule has 1 unspecified atom stereocenters. The van der Waals surface area contributed by atoms with Crippen molar-refractivity contribution in [2.45, 2.75) is 18.4 Å². The molecule has 0 radical (unpaired) electrons. The number of carboxylic acids is 1. The minimum atomic E-state index is -4.29. The average Bonchev–Trinajstić information content (AvgIpc) is 2.17. The summed E-state index contributed by atoms with van der Waals surface area (Å²) in [6.07, 6.45) is 0. The van der Waals surface area contributed by atoms with Gasteiger partial charge < -0.3 is 10.2 Å². The first-order valence-electron chi connectivity index (χ1n) is 4.29. The highest BCUT2D eigenvalue weighted by atomic mass is 35.5. The van der Waals surface area contributed by atoms with Crippen LogP contribution in [0.15, 0.2) is 24.3 Å². The van der Waals surface area contributed by atoms with E-state index in [9.17, 15) is 18.7 Å². The van der Waals surface area contributed by atoms with Gasteiger partial charge in [0.05, 0.1) is 0 Å². The summed E-state index contributed by atoms with van der Waals surface area (Å²) < 4.78 is 26.5. The number of benzene rings is 1. The number of alkyl halides is 2. The summed E-state index contributed by atoms with van der Waals surface area (Å²) in [5.74, 6) is -6.69. The topological polar surface area (TPSA) is 57.5 Å². The van der Waals surface area contributed by atoms with Crippen LogP contribution in [0.25, 0.3) is 0 Å². The number of rotatable bonds is 3. The van der Waals surface area contributed by atoms with Crippen LogP contribution < -0.4 is 0 Å². The van der Waals surface area contributed by atoms with Crippen LogP contribution in [0, 0.1) is 0 Å². The molecule has 0 fully saturated rings. The zero-order chi connectivity index (χ0) is 12.6. The molecule has 0 aliphatic heterocycles. The molecule has 0 saturated heterocycles. The van der Waals surface area contributed by atoms with Gasteiger partial charge in [-0.25, -0.2) is 4.79 Å². The van der Waals surface area contributed by atoms with E-state index >= 15 is 0 Å². The van der Waals surface area contributed by atoms with Crippen LogP contribution in [0.2, 0.25) is 5.02 Å². The number of carbonyl (C=O) groups is 1. The SMILES string of the molecule is CC(O)(c1cccc(Cl)c1)C(F)(F)C(=O)O. The van der Waals surface area contributed by atoms with Crippen molar-refractivity contribution in [1.82, 2.24) is 0 Å². The molecule has 0 aliphatic carbocycles. The first-order valence-corrected chi connectivity index (χ1v) is 4.67. The molecule has 0 heterocycles. The third-order valence-corrected chi connectivity index (χ3v) is 2.50. The smallest absolute Gasteiger partial charge is 0.378 e. The molecule has 0 amide bonds. The summed E-state index contributed by atoms with van der Waals surface area (Å²) >= 11 is 5.58. The molecule has 16 heavy (non-hydrogen) atoms. The first-order chi connectivity index (χ1) is 7.19. The lowest BCUT2D eigenvalue weighted by Gasteiger charge is -2.29. The lowest BCUT2D eigenvalue weighted by Crippen LogP contribution is -2.48. The number of carboxylic acid groups (broad SMARTS) is 1. The molecule has 6 heteroatoms. The van der Waals surface area contributed by atoms with Gasteiger partial charge in [-0.15, -0.1) is 0 Å². The van der Waals surface area contributed by atoms with Gasteiger partial charge in [0.15, 0.2) is 5.60 Å². The third-order valence-electron chi connectivity index (χ3n) is 2.27. The summed E-state index contributed by atoms with van der Waals surface area (Å²) in [7, 11) is 0. The molecule has 1 aromatic carbocycles. The summed E-state index contributed by atoms with van der Waals surface area (Å²) in [5, 5.41) is 18.1. The van der Waals surface area contributed by atoms with E-state index in [2.05, 4.69) is 0 Å². The van der Waals surface area contributed by atoms with Crippen molar-refractivity contribution in [2.24, 2.45) is 0 Å². The maximum absolute atomic E-state index is 13.2. The van der Waals surface area contributed by atoms with E-state index in [-0.39, 0.29) is 10.6 Å².